The predicted molar refractivity (Wildman–Crippen MR) is 108 cm³/mol. The minimum absolute atomic E-state index is 0.00445. The van der Waals surface area contributed by atoms with Gasteiger partial charge in [-0.15, -0.1) is 0 Å². The fourth-order valence-electron chi connectivity index (χ4n) is 2.67. The van der Waals surface area contributed by atoms with Crippen LogP contribution >= 0.6 is 11.7 Å². The largest absolute Gasteiger partial charge is 0.467 e. The lowest BCUT2D eigenvalue weighted by atomic mass is 10.1. The molecule has 7 nitrogen and oxygen atoms in total. The second-order valence-electron chi connectivity index (χ2n) is 6.50. The highest BCUT2D eigenvalue weighted by atomic mass is 32.1. The van der Waals surface area contributed by atoms with Crippen LogP contribution in [-0.2, 0) is 0 Å². The predicted octanol–water partition coefficient (Wildman–Crippen LogP) is 4.45. The smallest absolute Gasteiger partial charge is 0.253 e. The van der Waals surface area contributed by atoms with Crippen molar-refractivity contribution in [1.29, 1.82) is 0 Å². The number of hydrogen-bond acceptors (Lipinski definition) is 7. The highest BCUT2D eigenvalue weighted by molar-refractivity contribution is 6.99. The van der Waals surface area contributed by atoms with E-state index in [1.54, 1.807) is 37.4 Å². The van der Waals surface area contributed by atoms with Crippen molar-refractivity contribution in [2.75, 3.05) is 24.7 Å². The Morgan fingerprint density at radius 1 is 1.26 bits per heavy atom. The zero-order valence-corrected chi connectivity index (χ0v) is 16.6. The van der Waals surface area contributed by atoms with E-state index in [2.05, 4.69) is 26.3 Å². The third-order valence-corrected chi connectivity index (χ3v) is 4.61. The summed E-state index contributed by atoms with van der Waals surface area (Å²) >= 11 is 1.12. The van der Waals surface area contributed by atoms with E-state index in [9.17, 15) is 4.79 Å². The maximum atomic E-state index is 12.2. The van der Waals surface area contributed by atoms with Crippen molar-refractivity contribution in [1.82, 2.24) is 13.6 Å². The van der Waals surface area contributed by atoms with Gasteiger partial charge in [-0.1, -0.05) is 13.0 Å². The third kappa shape index (κ3) is 4.46. The van der Waals surface area contributed by atoms with Gasteiger partial charge in [0.1, 0.15) is 5.76 Å². The van der Waals surface area contributed by atoms with E-state index in [-0.39, 0.29) is 11.9 Å². The summed E-state index contributed by atoms with van der Waals surface area (Å²) in [5.41, 5.74) is 2.47. The van der Waals surface area contributed by atoms with Gasteiger partial charge in [0.15, 0.2) is 11.6 Å². The van der Waals surface area contributed by atoms with Crippen LogP contribution in [0.25, 0.3) is 0 Å². The summed E-state index contributed by atoms with van der Waals surface area (Å²) in [6.07, 6.45) is 2.59. The number of carbonyl (C=O) groups excluding carboxylic acids is 1. The number of carbonyl (C=O) groups is 1. The molecule has 0 spiro atoms. The molecule has 8 heteroatoms. The zero-order valence-electron chi connectivity index (χ0n) is 15.8. The summed E-state index contributed by atoms with van der Waals surface area (Å²) in [6, 6.07) is 9.35. The number of benzene rings is 1. The van der Waals surface area contributed by atoms with Crippen molar-refractivity contribution < 1.29 is 9.21 Å². The molecule has 0 fully saturated rings. The van der Waals surface area contributed by atoms with E-state index in [1.165, 1.54) is 0 Å². The second kappa shape index (κ2) is 8.22. The molecule has 0 unspecified atom stereocenters. The molecule has 0 saturated heterocycles. The monoisotopic (exact) mass is 385 g/mol. The van der Waals surface area contributed by atoms with Crippen molar-refractivity contribution in [3.8, 4) is 0 Å². The van der Waals surface area contributed by atoms with Gasteiger partial charge in [0.2, 0.25) is 0 Å². The molecule has 27 heavy (non-hydrogen) atoms. The first-order valence-electron chi connectivity index (χ1n) is 8.70. The van der Waals surface area contributed by atoms with Crippen LogP contribution in [0, 0.1) is 6.92 Å². The Hall–Kier alpha value is -2.87. The Morgan fingerprint density at radius 2 is 2.04 bits per heavy atom. The Bertz CT molecular complexity index is 918. The van der Waals surface area contributed by atoms with E-state index in [1.807, 2.05) is 25.1 Å². The molecular formula is C19H23N5O2S. The fraction of sp³-hybridized carbons (Fsp3) is 0.316. The van der Waals surface area contributed by atoms with Gasteiger partial charge < -0.3 is 20.0 Å². The number of aromatic nitrogens is 2. The lowest BCUT2D eigenvalue weighted by molar-refractivity contribution is 0.0827. The molecule has 142 valence electrons. The van der Waals surface area contributed by atoms with Crippen LogP contribution < -0.4 is 10.6 Å². The highest BCUT2D eigenvalue weighted by Gasteiger charge is 2.18. The molecule has 1 atom stereocenters. The van der Waals surface area contributed by atoms with E-state index >= 15 is 0 Å². The van der Waals surface area contributed by atoms with Gasteiger partial charge in [-0.2, -0.15) is 8.75 Å². The van der Waals surface area contributed by atoms with E-state index < -0.39 is 0 Å². The Labute approximate surface area is 162 Å². The number of nitrogens with zero attached hydrogens (tertiary/aromatic N) is 3. The van der Waals surface area contributed by atoms with Crippen LogP contribution in [0.4, 0.5) is 17.3 Å². The van der Waals surface area contributed by atoms with Crippen molar-refractivity contribution in [2.24, 2.45) is 0 Å². The molecule has 2 heterocycles. The zero-order chi connectivity index (χ0) is 19.4. The first-order chi connectivity index (χ1) is 13.0. The van der Waals surface area contributed by atoms with Crippen molar-refractivity contribution in [3.05, 3.63) is 53.5 Å². The lowest BCUT2D eigenvalue weighted by Crippen LogP contribution is -2.21. The minimum Gasteiger partial charge on any atom is -0.467 e. The van der Waals surface area contributed by atoms with Gasteiger partial charge in [-0.3, -0.25) is 4.79 Å². The normalized spacial score (nSPS) is 11.9. The molecule has 0 aliphatic carbocycles. The van der Waals surface area contributed by atoms with Crippen LogP contribution in [0.5, 0.6) is 0 Å². The maximum Gasteiger partial charge on any atom is 0.253 e. The van der Waals surface area contributed by atoms with Gasteiger partial charge in [0, 0.05) is 25.3 Å². The molecule has 2 N–H and O–H groups in total. The fourth-order valence-corrected chi connectivity index (χ4v) is 3.14. The summed E-state index contributed by atoms with van der Waals surface area (Å²) in [7, 11) is 3.46. The van der Waals surface area contributed by atoms with Crippen LogP contribution in [0.1, 0.15) is 41.1 Å². The molecule has 0 saturated carbocycles. The molecule has 0 bridgehead atoms. The number of hydrogen-bond donors (Lipinski definition) is 2. The van der Waals surface area contributed by atoms with Gasteiger partial charge in [-0.05, 0) is 43.2 Å². The molecule has 3 rings (SSSR count). The summed E-state index contributed by atoms with van der Waals surface area (Å²) in [6.45, 7) is 4.08. The summed E-state index contributed by atoms with van der Waals surface area (Å²) in [5, 5.41) is 6.63. The lowest BCUT2D eigenvalue weighted by Gasteiger charge is -2.15. The topological polar surface area (TPSA) is 83.3 Å². The Balaban J connectivity index is 1.77. The second-order valence-corrected chi connectivity index (χ2v) is 7.03. The van der Waals surface area contributed by atoms with Gasteiger partial charge in [0.25, 0.3) is 5.91 Å². The quantitative estimate of drug-likeness (QED) is 0.625. The summed E-state index contributed by atoms with van der Waals surface area (Å²) in [5.74, 6) is 2.10. The summed E-state index contributed by atoms with van der Waals surface area (Å²) < 4.78 is 14.3. The number of aryl methyl sites for hydroxylation is 1. The van der Waals surface area contributed by atoms with Gasteiger partial charge >= 0.3 is 0 Å². The van der Waals surface area contributed by atoms with Crippen LogP contribution in [0.15, 0.2) is 41.0 Å². The van der Waals surface area contributed by atoms with E-state index in [0.29, 0.717) is 17.2 Å². The number of furan rings is 1. The minimum atomic E-state index is -0.0485. The molecule has 1 aromatic carbocycles. The van der Waals surface area contributed by atoms with Crippen molar-refractivity contribution >= 4 is 35.0 Å². The molecule has 2 aromatic heterocycles. The van der Waals surface area contributed by atoms with E-state index in [0.717, 1.165) is 35.2 Å². The molecule has 3 aromatic rings. The standard InChI is InChI=1S/C19H23N5O2S/c1-5-15(16-9-12(2)11-26-16)21-18-17(22-27-23-18)20-14-8-6-7-13(10-14)19(25)24(3)4/h6-11,15H,5H2,1-4H3,(H,20,22)(H,21,23)/t15-/m1/s1. The number of anilines is 3. The van der Waals surface area contributed by atoms with Crippen LogP contribution in [0.3, 0.4) is 0 Å². The van der Waals surface area contributed by atoms with Crippen LogP contribution in [0.2, 0.25) is 0 Å². The third-order valence-electron chi connectivity index (χ3n) is 4.08. The van der Waals surface area contributed by atoms with E-state index in [4.69, 9.17) is 4.42 Å². The first kappa shape index (κ1) is 18.9. The molecular weight excluding hydrogens is 362 g/mol. The summed E-state index contributed by atoms with van der Waals surface area (Å²) in [4.78, 5) is 13.7. The Morgan fingerprint density at radius 3 is 2.70 bits per heavy atom. The molecule has 0 aliphatic rings. The van der Waals surface area contributed by atoms with Gasteiger partial charge in [-0.25, -0.2) is 0 Å². The van der Waals surface area contributed by atoms with Crippen molar-refractivity contribution in [2.45, 2.75) is 26.3 Å². The average Bonchev–Trinajstić information content (AvgIpc) is 3.28. The highest BCUT2D eigenvalue weighted by Crippen LogP contribution is 2.29. The molecule has 1 amide bonds. The number of rotatable bonds is 7. The maximum absolute atomic E-state index is 12.2. The van der Waals surface area contributed by atoms with Gasteiger partial charge in [0.05, 0.1) is 24.0 Å². The van der Waals surface area contributed by atoms with Crippen LogP contribution in [-0.4, -0.2) is 33.6 Å². The SMILES string of the molecule is CC[C@@H](Nc1nsnc1Nc1cccc(C(=O)N(C)C)c1)c1cc(C)co1. The Kier molecular flexibility index (Phi) is 5.75. The first-order valence-corrected chi connectivity index (χ1v) is 9.43. The molecule has 0 radical (unpaired) electrons. The molecule has 0 aliphatic heterocycles. The average molecular weight is 385 g/mol. The number of amides is 1. The van der Waals surface area contributed by atoms with Crippen molar-refractivity contribution in [3.63, 3.8) is 0 Å². The number of nitrogens with one attached hydrogen (secondary N) is 2.